The van der Waals surface area contributed by atoms with Gasteiger partial charge in [0.1, 0.15) is 5.76 Å². The molecule has 0 aromatic carbocycles. The quantitative estimate of drug-likeness (QED) is 0.807. The van der Waals surface area contributed by atoms with Gasteiger partial charge in [0.05, 0.1) is 5.69 Å². The van der Waals surface area contributed by atoms with Gasteiger partial charge in [0.2, 0.25) is 0 Å². The number of aryl methyl sites for hydroxylation is 2. The van der Waals surface area contributed by atoms with Crippen LogP contribution in [0.4, 0.5) is 0 Å². The van der Waals surface area contributed by atoms with Crippen LogP contribution in [0.1, 0.15) is 44.7 Å². The van der Waals surface area contributed by atoms with Gasteiger partial charge in [-0.3, -0.25) is 0 Å². The molecule has 1 aromatic rings. The van der Waals surface area contributed by atoms with E-state index in [1.54, 1.807) is 0 Å². The molecule has 3 heteroatoms. The Morgan fingerprint density at radius 2 is 1.86 bits per heavy atom. The first-order valence-electron chi connectivity index (χ1n) is 5.05. The van der Waals surface area contributed by atoms with Crippen molar-refractivity contribution in [3.8, 4) is 0 Å². The van der Waals surface area contributed by atoms with Gasteiger partial charge in [-0.2, -0.15) is 0 Å². The Hall–Kier alpha value is -0.830. The molecule has 0 spiro atoms. The first-order valence-corrected chi connectivity index (χ1v) is 5.05. The van der Waals surface area contributed by atoms with E-state index in [1.165, 1.54) is 5.56 Å². The third-order valence-corrected chi connectivity index (χ3v) is 2.31. The van der Waals surface area contributed by atoms with Crippen molar-refractivity contribution in [3.05, 3.63) is 17.0 Å². The van der Waals surface area contributed by atoms with Crippen molar-refractivity contribution in [1.29, 1.82) is 0 Å². The highest BCUT2D eigenvalue weighted by molar-refractivity contribution is 5.28. The Bertz CT molecular complexity index is 294. The molecule has 0 atom stereocenters. The Morgan fingerprint density at radius 1 is 1.29 bits per heavy atom. The molecule has 1 heterocycles. The summed E-state index contributed by atoms with van der Waals surface area (Å²) in [6.45, 7) is 12.5. The fourth-order valence-corrected chi connectivity index (χ4v) is 2.17. The lowest BCUT2D eigenvalue weighted by atomic mass is 9.92. The summed E-state index contributed by atoms with van der Waals surface area (Å²) in [5.74, 6) is 0.903. The summed E-state index contributed by atoms with van der Waals surface area (Å²) in [5.41, 5.74) is 2.06. The summed E-state index contributed by atoms with van der Waals surface area (Å²) in [6.07, 6.45) is 0. The van der Waals surface area contributed by atoms with E-state index < -0.39 is 0 Å². The minimum Gasteiger partial charge on any atom is -0.361 e. The van der Waals surface area contributed by atoms with Gasteiger partial charge >= 0.3 is 0 Å². The lowest BCUT2D eigenvalue weighted by Gasteiger charge is -2.28. The molecule has 0 aliphatic carbocycles. The first kappa shape index (κ1) is 11.2. The third kappa shape index (κ3) is 2.15. The van der Waals surface area contributed by atoms with Crippen LogP contribution < -0.4 is 5.32 Å². The van der Waals surface area contributed by atoms with E-state index in [0.29, 0.717) is 6.04 Å². The molecule has 80 valence electrons. The zero-order valence-electron chi connectivity index (χ0n) is 9.93. The second-order valence-electron chi connectivity index (χ2n) is 4.62. The largest absolute Gasteiger partial charge is 0.361 e. The lowest BCUT2D eigenvalue weighted by Crippen LogP contribution is -2.41. The molecule has 1 rings (SSSR count). The smallest absolute Gasteiger partial charge is 0.138 e. The SMILES string of the molecule is Cc1noc(C)c1C(C)(C)NC(C)C. The van der Waals surface area contributed by atoms with E-state index >= 15 is 0 Å². The Labute approximate surface area is 85.9 Å². The van der Waals surface area contributed by atoms with Gasteiger partial charge in [-0.15, -0.1) is 0 Å². The van der Waals surface area contributed by atoms with Crippen molar-refractivity contribution in [3.63, 3.8) is 0 Å². The van der Waals surface area contributed by atoms with Crippen LogP contribution in [0.15, 0.2) is 4.52 Å². The van der Waals surface area contributed by atoms with E-state index in [9.17, 15) is 0 Å². The number of aromatic nitrogens is 1. The number of hydrogen-bond donors (Lipinski definition) is 1. The third-order valence-electron chi connectivity index (χ3n) is 2.31. The highest BCUT2D eigenvalue weighted by Crippen LogP contribution is 2.26. The van der Waals surface area contributed by atoms with Crippen molar-refractivity contribution < 1.29 is 4.52 Å². The summed E-state index contributed by atoms with van der Waals surface area (Å²) in [7, 11) is 0. The van der Waals surface area contributed by atoms with Gasteiger partial charge in [-0.05, 0) is 27.7 Å². The van der Waals surface area contributed by atoms with Crippen LogP contribution >= 0.6 is 0 Å². The van der Waals surface area contributed by atoms with Crippen LogP contribution in [0.2, 0.25) is 0 Å². The summed E-state index contributed by atoms with van der Waals surface area (Å²) in [6, 6.07) is 0.443. The molecule has 0 unspecified atom stereocenters. The molecular formula is C11H20N2O. The zero-order chi connectivity index (χ0) is 10.9. The molecule has 3 nitrogen and oxygen atoms in total. The highest BCUT2D eigenvalue weighted by Gasteiger charge is 2.27. The summed E-state index contributed by atoms with van der Waals surface area (Å²) in [5, 5.41) is 7.48. The van der Waals surface area contributed by atoms with E-state index in [0.717, 1.165) is 11.5 Å². The molecule has 1 aromatic heterocycles. The number of nitrogens with one attached hydrogen (secondary N) is 1. The molecule has 0 saturated heterocycles. The zero-order valence-corrected chi connectivity index (χ0v) is 9.93. The molecule has 0 aliphatic rings. The summed E-state index contributed by atoms with van der Waals surface area (Å²) >= 11 is 0. The van der Waals surface area contributed by atoms with Crippen LogP contribution in [0.5, 0.6) is 0 Å². The predicted octanol–water partition coefficient (Wildman–Crippen LogP) is 2.52. The maximum absolute atomic E-state index is 5.17. The fraction of sp³-hybridized carbons (Fsp3) is 0.727. The van der Waals surface area contributed by atoms with Gasteiger partial charge < -0.3 is 9.84 Å². The molecule has 0 aliphatic heterocycles. The minimum atomic E-state index is -0.0810. The topological polar surface area (TPSA) is 38.1 Å². The molecule has 0 fully saturated rings. The Kier molecular flexibility index (Phi) is 3.00. The minimum absolute atomic E-state index is 0.0810. The van der Waals surface area contributed by atoms with Gasteiger partial charge in [0, 0.05) is 17.1 Å². The number of nitrogens with zero attached hydrogens (tertiary/aromatic N) is 1. The molecule has 0 saturated carbocycles. The molecule has 0 amide bonds. The predicted molar refractivity (Wildman–Crippen MR) is 57.3 cm³/mol. The molecule has 1 N–H and O–H groups in total. The average Bonchev–Trinajstić information content (AvgIpc) is 2.27. The van der Waals surface area contributed by atoms with Crippen molar-refractivity contribution in [2.24, 2.45) is 0 Å². The second kappa shape index (κ2) is 3.73. The van der Waals surface area contributed by atoms with Gasteiger partial charge in [-0.1, -0.05) is 19.0 Å². The molecule has 0 bridgehead atoms. The van der Waals surface area contributed by atoms with Crippen LogP contribution in [0, 0.1) is 13.8 Å². The normalized spacial score (nSPS) is 12.5. The second-order valence-corrected chi connectivity index (χ2v) is 4.62. The first-order chi connectivity index (χ1) is 6.34. The molecule has 14 heavy (non-hydrogen) atoms. The van der Waals surface area contributed by atoms with Gasteiger partial charge in [0.15, 0.2) is 0 Å². The van der Waals surface area contributed by atoms with Crippen molar-refractivity contribution >= 4 is 0 Å². The molecular weight excluding hydrogens is 176 g/mol. The maximum atomic E-state index is 5.17. The molecule has 0 radical (unpaired) electrons. The Balaban J connectivity index is 3.02. The number of hydrogen-bond acceptors (Lipinski definition) is 3. The van der Waals surface area contributed by atoms with Crippen LogP contribution in [-0.2, 0) is 5.54 Å². The van der Waals surface area contributed by atoms with Gasteiger partial charge in [0.25, 0.3) is 0 Å². The van der Waals surface area contributed by atoms with E-state index in [1.807, 2.05) is 13.8 Å². The van der Waals surface area contributed by atoms with E-state index in [2.05, 4.69) is 38.2 Å². The Morgan fingerprint density at radius 3 is 2.21 bits per heavy atom. The maximum Gasteiger partial charge on any atom is 0.138 e. The fourth-order valence-electron chi connectivity index (χ4n) is 2.17. The monoisotopic (exact) mass is 196 g/mol. The van der Waals surface area contributed by atoms with Crippen LogP contribution in [0.25, 0.3) is 0 Å². The highest BCUT2D eigenvalue weighted by atomic mass is 16.5. The number of rotatable bonds is 3. The van der Waals surface area contributed by atoms with Crippen molar-refractivity contribution in [2.75, 3.05) is 0 Å². The standard InChI is InChI=1S/C11H20N2O/c1-7(2)12-11(5,6)10-8(3)13-14-9(10)4/h7,12H,1-6H3. The van der Waals surface area contributed by atoms with Crippen molar-refractivity contribution in [1.82, 2.24) is 10.5 Å². The van der Waals surface area contributed by atoms with Crippen LogP contribution in [-0.4, -0.2) is 11.2 Å². The average molecular weight is 196 g/mol. The van der Waals surface area contributed by atoms with Crippen molar-refractivity contribution in [2.45, 2.75) is 53.1 Å². The summed E-state index contributed by atoms with van der Waals surface area (Å²) in [4.78, 5) is 0. The summed E-state index contributed by atoms with van der Waals surface area (Å²) < 4.78 is 5.17. The van der Waals surface area contributed by atoms with Crippen LogP contribution in [0.3, 0.4) is 0 Å². The lowest BCUT2D eigenvalue weighted by molar-refractivity contribution is 0.351. The van der Waals surface area contributed by atoms with Gasteiger partial charge in [-0.25, -0.2) is 0 Å². The van der Waals surface area contributed by atoms with E-state index in [-0.39, 0.29) is 5.54 Å². The van der Waals surface area contributed by atoms with E-state index in [4.69, 9.17) is 4.52 Å².